The highest BCUT2D eigenvalue weighted by atomic mass is 19.4. The first-order valence-electron chi connectivity index (χ1n) is 9.54. The molecule has 0 radical (unpaired) electrons. The van der Waals surface area contributed by atoms with Crippen molar-refractivity contribution in [1.82, 2.24) is 19.9 Å². The number of anilines is 1. The number of alkyl halides is 12. The maximum atomic E-state index is 13.8. The summed E-state index contributed by atoms with van der Waals surface area (Å²) < 4.78 is 163. The number of hydrazone groups is 1. The fourth-order valence-corrected chi connectivity index (χ4v) is 2.56. The smallest absolute Gasteiger partial charge is 0.426 e. The molecule has 208 valence electrons. The Hall–Kier alpha value is -4.00. The van der Waals surface area contributed by atoms with Crippen LogP contribution in [-0.2, 0) is 0 Å². The standard InChI is InChI=1S/C18H10F12N6O2/c19-13(15(21,22)23)17(27,28)37-8-2-1-7(3-9(8)38-18(29,30)14(20)16(24,25)26)4-35-36-12-10-11(32-5-31-10)33-6-34-12/h1-6,13-14H,(H2,31,32,33,34,36)/b35-4-/t13-,14-/m1/s1. The number of hydrogen-bond acceptors (Lipinski definition) is 7. The van der Waals surface area contributed by atoms with E-state index >= 15 is 0 Å². The molecule has 0 aliphatic carbocycles. The number of nitrogens with zero attached hydrogens (tertiary/aromatic N) is 4. The topological polar surface area (TPSA) is 97.3 Å². The highest BCUT2D eigenvalue weighted by molar-refractivity contribution is 5.84. The van der Waals surface area contributed by atoms with E-state index in [4.69, 9.17) is 0 Å². The molecule has 8 nitrogen and oxygen atoms in total. The number of halogens is 12. The van der Waals surface area contributed by atoms with E-state index in [1.54, 1.807) is 0 Å². The fraction of sp³-hybridized carbons (Fsp3) is 0.333. The van der Waals surface area contributed by atoms with Gasteiger partial charge in [-0.15, -0.1) is 0 Å². The van der Waals surface area contributed by atoms with Crippen molar-refractivity contribution in [1.29, 1.82) is 0 Å². The number of aromatic amines is 1. The largest absolute Gasteiger partial charge is 0.439 e. The molecule has 0 spiro atoms. The molecule has 0 saturated heterocycles. The molecule has 2 atom stereocenters. The minimum Gasteiger partial charge on any atom is -0.426 e. The second-order valence-electron chi connectivity index (χ2n) is 7.04. The minimum atomic E-state index is -6.20. The molecule has 0 fully saturated rings. The van der Waals surface area contributed by atoms with Crippen LogP contribution in [0.2, 0.25) is 0 Å². The van der Waals surface area contributed by atoms with Gasteiger partial charge in [0.15, 0.2) is 23.0 Å². The second-order valence-corrected chi connectivity index (χ2v) is 7.04. The van der Waals surface area contributed by atoms with Gasteiger partial charge in [0.25, 0.3) is 12.3 Å². The molecule has 2 aromatic heterocycles. The summed E-state index contributed by atoms with van der Waals surface area (Å²) in [4.78, 5) is 14.1. The number of ether oxygens (including phenoxy) is 2. The third-order valence-corrected chi connectivity index (χ3v) is 4.23. The van der Waals surface area contributed by atoms with Crippen LogP contribution in [0.15, 0.2) is 36.0 Å². The third kappa shape index (κ3) is 6.46. The van der Waals surface area contributed by atoms with E-state index in [0.29, 0.717) is 6.07 Å². The number of H-pyrrole nitrogens is 1. The Morgan fingerprint density at radius 1 is 0.816 bits per heavy atom. The summed E-state index contributed by atoms with van der Waals surface area (Å²) in [6, 6.07) is 1.15. The Balaban J connectivity index is 1.94. The molecule has 1 aromatic carbocycles. The van der Waals surface area contributed by atoms with Crippen LogP contribution in [0.3, 0.4) is 0 Å². The number of nitrogens with one attached hydrogen (secondary N) is 2. The lowest BCUT2D eigenvalue weighted by atomic mass is 10.2. The van der Waals surface area contributed by atoms with Crippen molar-refractivity contribution in [2.45, 2.75) is 36.9 Å². The van der Waals surface area contributed by atoms with Crippen molar-refractivity contribution < 1.29 is 62.2 Å². The van der Waals surface area contributed by atoms with Gasteiger partial charge in [-0.2, -0.15) is 49.0 Å². The van der Waals surface area contributed by atoms with E-state index in [-0.39, 0.29) is 29.1 Å². The summed E-state index contributed by atoms with van der Waals surface area (Å²) in [5, 5.41) is 3.61. The van der Waals surface area contributed by atoms with Gasteiger partial charge < -0.3 is 14.5 Å². The van der Waals surface area contributed by atoms with E-state index in [9.17, 15) is 52.7 Å². The van der Waals surface area contributed by atoms with Gasteiger partial charge >= 0.3 is 24.6 Å². The van der Waals surface area contributed by atoms with Crippen molar-refractivity contribution >= 4 is 23.2 Å². The van der Waals surface area contributed by atoms with Crippen LogP contribution in [0.5, 0.6) is 11.5 Å². The molecule has 3 aromatic rings. The van der Waals surface area contributed by atoms with Crippen LogP contribution in [0, 0.1) is 0 Å². The first kappa shape index (κ1) is 28.6. The summed E-state index contributed by atoms with van der Waals surface area (Å²) in [5.41, 5.74) is 2.34. The summed E-state index contributed by atoms with van der Waals surface area (Å²) in [5.74, 6) is -3.58. The first-order chi connectivity index (χ1) is 17.4. The van der Waals surface area contributed by atoms with E-state index in [2.05, 4.69) is 39.9 Å². The quantitative estimate of drug-likeness (QED) is 0.199. The number of benzene rings is 1. The van der Waals surface area contributed by atoms with Crippen LogP contribution in [0.4, 0.5) is 58.5 Å². The van der Waals surface area contributed by atoms with Crippen molar-refractivity contribution in [3.05, 3.63) is 36.4 Å². The Morgan fingerprint density at radius 2 is 1.39 bits per heavy atom. The number of rotatable bonds is 9. The van der Waals surface area contributed by atoms with Gasteiger partial charge in [0, 0.05) is 0 Å². The Kier molecular flexibility index (Phi) is 7.55. The highest BCUT2D eigenvalue weighted by Crippen LogP contribution is 2.43. The zero-order valence-corrected chi connectivity index (χ0v) is 17.8. The molecule has 3 rings (SSSR count). The molecule has 0 unspecified atom stereocenters. The number of imidazole rings is 1. The Labute approximate surface area is 201 Å². The second kappa shape index (κ2) is 10.0. The molecule has 0 aliphatic rings. The van der Waals surface area contributed by atoms with Crippen molar-refractivity contribution in [2.24, 2.45) is 5.10 Å². The van der Waals surface area contributed by atoms with E-state index in [1.807, 2.05) is 0 Å². The van der Waals surface area contributed by atoms with Gasteiger partial charge in [-0.1, -0.05) is 0 Å². The van der Waals surface area contributed by atoms with E-state index in [1.165, 1.54) is 6.33 Å². The SMILES string of the molecule is F[C@H](C(F)(F)F)C(F)(F)Oc1ccc(/C=N\Nc2ncnc3nc[nH]c23)cc1OC(F)(F)[C@H](F)C(F)(F)F. The van der Waals surface area contributed by atoms with Crippen molar-refractivity contribution in [3.8, 4) is 11.5 Å². The van der Waals surface area contributed by atoms with E-state index < -0.39 is 54.0 Å². The number of aromatic nitrogens is 4. The predicted octanol–water partition coefficient (Wildman–Crippen LogP) is 5.54. The molecule has 38 heavy (non-hydrogen) atoms. The molecular formula is C18H10F12N6O2. The normalized spacial score (nSPS) is 15.1. The number of hydrogen-bond donors (Lipinski definition) is 2. The van der Waals surface area contributed by atoms with E-state index in [0.717, 1.165) is 12.5 Å². The molecule has 0 aliphatic heterocycles. The lowest BCUT2D eigenvalue weighted by Gasteiger charge is -2.27. The van der Waals surface area contributed by atoms with Crippen LogP contribution in [0.25, 0.3) is 11.2 Å². The summed E-state index contributed by atoms with van der Waals surface area (Å²) >= 11 is 0. The number of fused-ring (bicyclic) bond motifs is 1. The third-order valence-electron chi connectivity index (χ3n) is 4.23. The zero-order chi connectivity index (χ0) is 28.5. The molecule has 20 heteroatoms. The van der Waals surface area contributed by atoms with Gasteiger partial charge in [0.2, 0.25) is 0 Å². The average molecular weight is 570 g/mol. The van der Waals surface area contributed by atoms with Crippen LogP contribution in [0.1, 0.15) is 5.56 Å². The van der Waals surface area contributed by atoms with Gasteiger partial charge in [0.1, 0.15) is 11.8 Å². The average Bonchev–Trinajstić information content (AvgIpc) is 3.28. The summed E-state index contributed by atoms with van der Waals surface area (Å²) in [6.07, 6.45) is -30.9. The summed E-state index contributed by atoms with van der Waals surface area (Å²) in [7, 11) is 0. The lowest BCUT2D eigenvalue weighted by molar-refractivity contribution is -0.312. The molecule has 0 amide bonds. The maximum absolute atomic E-state index is 13.8. The Morgan fingerprint density at radius 3 is 1.97 bits per heavy atom. The Bertz CT molecular complexity index is 1290. The van der Waals surface area contributed by atoms with Crippen molar-refractivity contribution in [3.63, 3.8) is 0 Å². The zero-order valence-electron chi connectivity index (χ0n) is 17.8. The monoisotopic (exact) mass is 570 g/mol. The molecular weight excluding hydrogens is 560 g/mol. The van der Waals surface area contributed by atoms with Crippen LogP contribution >= 0.6 is 0 Å². The molecule has 0 bridgehead atoms. The fourth-order valence-electron chi connectivity index (χ4n) is 2.56. The van der Waals surface area contributed by atoms with Gasteiger partial charge in [-0.05, 0) is 23.8 Å². The first-order valence-corrected chi connectivity index (χ1v) is 9.54. The van der Waals surface area contributed by atoms with Gasteiger partial charge in [-0.3, -0.25) is 5.43 Å². The molecule has 0 saturated carbocycles. The van der Waals surface area contributed by atoms with Crippen LogP contribution in [-0.4, -0.2) is 63.1 Å². The molecule has 2 heterocycles. The van der Waals surface area contributed by atoms with Gasteiger partial charge in [0.05, 0.1) is 12.5 Å². The lowest BCUT2D eigenvalue weighted by Crippen LogP contribution is -2.47. The highest BCUT2D eigenvalue weighted by Gasteiger charge is 2.61. The predicted molar refractivity (Wildman–Crippen MR) is 102 cm³/mol. The maximum Gasteiger partial charge on any atom is 0.439 e. The molecule has 2 N–H and O–H groups in total. The van der Waals surface area contributed by atoms with Crippen LogP contribution < -0.4 is 14.9 Å². The minimum absolute atomic E-state index is 0.0120. The summed E-state index contributed by atoms with van der Waals surface area (Å²) in [6.45, 7) is 0. The van der Waals surface area contributed by atoms with Crippen molar-refractivity contribution in [2.75, 3.05) is 5.43 Å². The van der Waals surface area contributed by atoms with Gasteiger partial charge in [-0.25, -0.2) is 23.7 Å².